The average molecular weight is 137 g/mol. The molecule has 0 aliphatic rings. The minimum atomic E-state index is 0.894. The molecular formula is C9H15N. The smallest absolute Gasteiger partial charge is 0.0357 e. The third kappa shape index (κ3) is 7.15. The molecule has 0 atom stereocenters. The van der Waals surface area contributed by atoms with E-state index in [4.69, 9.17) is 0 Å². The van der Waals surface area contributed by atoms with Gasteiger partial charge in [-0.25, -0.2) is 0 Å². The molecule has 56 valence electrons. The van der Waals surface area contributed by atoms with E-state index in [0.29, 0.717) is 0 Å². The highest BCUT2D eigenvalue weighted by atomic mass is 14.7. The number of rotatable bonds is 5. The fourth-order valence-corrected chi connectivity index (χ4v) is 0.584. The van der Waals surface area contributed by atoms with E-state index in [-0.39, 0.29) is 0 Å². The summed E-state index contributed by atoms with van der Waals surface area (Å²) in [5.41, 5.74) is 0. The lowest BCUT2D eigenvalue weighted by Crippen LogP contribution is -1.74. The lowest BCUT2D eigenvalue weighted by molar-refractivity contribution is 1.07. The van der Waals surface area contributed by atoms with Crippen LogP contribution in [0.4, 0.5) is 0 Å². The number of hydrogen-bond acceptors (Lipinski definition) is 1. The minimum Gasteiger partial charge on any atom is -0.298 e. The highest BCUT2D eigenvalue weighted by molar-refractivity contribution is 5.57. The van der Waals surface area contributed by atoms with E-state index < -0.39 is 0 Å². The number of hydrogen-bond donors (Lipinski definition) is 0. The van der Waals surface area contributed by atoms with Gasteiger partial charge in [0.1, 0.15) is 0 Å². The topological polar surface area (TPSA) is 12.4 Å². The fraction of sp³-hybridized carbons (Fsp3) is 0.444. The molecule has 0 aromatic rings. The fourth-order valence-electron chi connectivity index (χ4n) is 0.584. The van der Waals surface area contributed by atoms with Crippen molar-refractivity contribution in [2.24, 2.45) is 4.99 Å². The largest absolute Gasteiger partial charge is 0.298 e. The van der Waals surface area contributed by atoms with Gasteiger partial charge in [-0.3, -0.25) is 4.99 Å². The molecule has 0 saturated carbocycles. The summed E-state index contributed by atoms with van der Waals surface area (Å²) in [6.45, 7) is 6.51. The average Bonchev–Trinajstić information content (AvgIpc) is 1.97. The van der Waals surface area contributed by atoms with Crippen LogP contribution < -0.4 is 0 Å². The Bertz CT molecular complexity index is 123. The number of aliphatic imine (C=N–C) groups is 1. The van der Waals surface area contributed by atoms with Crippen LogP contribution in [-0.2, 0) is 0 Å². The van der Waals surface area contributed by atoms with E-state index in [2.05, 4.69) is 17.6 Å². The summed E-state index contributed by atoms with van der Waals surface area (Å²) < 4.78 is 0. The van der Waals surface area contributed by atoms with Gasteiger partial charge in [0.05, 0.1) is 0 Å². The van der Waals surface area contributed by atoms with Crippen LogP contribution in [0.5, 0.6) is 0 Å². The van der Waals surface area contributed by atoms with Crippen molar-refractivity contribution in [1.82, 2.24) is 0 Å². The summed E-state index contributed by atoms with van der Waals surface area (Å²) in [5.74, 6) is 0. The molecule has 0 unspecified atom stereocenters. The predicted octanol–water partition coefficient (Wildman–Crippen LogP) is 2.60. The van der Waals surface area contributed by atoms with Crippen molar-refractivity contribution in [2.45, 2.75) is 19.8 Å². The molecule has 0 radical (unpaired) electrons. The van der Waals surface area contributed by atoms with Crippen LogP contribution in [0.2, 0.25) is 0 Å². The first kappa shape index (κ1) is 9.15. The van der Waals surface area contributed by atoms with E-state index >= 15 is 0 Å². The Kier molecular flexibility index (Phi) is 7.46. The molecule has 0 bridgehead atoms. The van der Waals surface area contributed by atoms with E-state index in [0.717, 1.165) is 19.4 Å². The lowest BCUT2D eigenvalue weighted by Gasteiger charge is -1.83. The molecule has 0 aromatic carbocycles. The molecule has 0 heterocycles. The summed E-state index contributed by atoms with van der Waals surface area (Å²) >= 11 is 0. The summed E-state index contributed by atoms with van der Waals surface area (Å²) in [7, 11) is 0. The Hall–Kier alpha value is -0.850. The molecule has 0 rings (SSSR count). The van der Waals surface area contributed by atoms with E-state index in [9.17, 15) is 0 Å². The summed E-state index contributed by atoms with van der Waals surface area (Å²) in [6, 6.07) is 0. The van der Waals surface area contributed by atoms with Crippen molar-refractivity contribution in [2.75, 3.05) is 6.54 Å². The molecule has 0 aliphatic heterocycles. The molecule has 10 heavy (non-hydrogen) atoms. The summed E-state index contributed by atoms with van der Waals surface area (Å²) in [6.07, 6.45) is 9.91. The predicted molar refractivity (Wildman–Crippen MR) is 47.6 cm³/mol. The van der Waals surface area contributed by atoms with E-state index in [1.54, 1.807) is 6.08 Å². The molecule has 0 spiro atoms. The van der Waals surface area contributed by atoms with Crippen molar-refractivity contribution in [3.8, 4) is 0 Å². The summed E-state index contributed by atoms with van der Waals surface area (Å²) in [5, 5.41) is 0. The standard InChI is InChI=1S/C9H15N/c1-3-5-6-7-8-9-10-4-2/h3,5-6,9H,1,4,7-8H2,2H3. The highest BCUT2D eigenvalue weighted by Crippen LogP contribution is 1.87. The minimum absolute atomic E-state index is 0.894. The zero-order valence-electron chi connectivity index (χ0n) is 6.59. The molecule has 0 N–H and O–H groups in total. The summed E-state index contributed by atoms with van der Waals surface area (Å²) in [4.78, 5) is 4.08. The van der Waals surface area contributed by atoms with Gasteiger partial charge in [0.15, 0.2) is 0 Å². The van der Waals surface area contributed by atoms with Crippen molar-refractivity contribution < 1.29 is 0 Å². The molecule has 0 saturated heterocycles. The maximum Gasteiger partial charge on any atom is 0.0357 e. The molecular weight excluding hydrogens is 122 g/mol. The van der Waals surface area contributed by atoms with Crippen molar-refractivity contribution >= 4 is 6.21 Å². The highest BCUT2D eigenvalue weighted by Gasteiger charge is 1.73. The Morgan fingerprint density at radius 1 is 1.40 bits per heavy atom. The Morgan fingerprint density at radius 2 is 2.20 bits per heavy atom. The van der Waals surface area contributed by atoms with Crippen LogP contribution in [-0.4, -0.2) is 12.8 Å². The van der Waals surface area contributed by atoms with E-state index in [1.807, 2.05) is 19.2 Å². The van der Waals surface area contributed by atoms with Crippen molar-refractivity contribution in [3.05, 3.63) is 24.8 Å². The number of allylic oxidation sites excluding steroid dienone is 3. The molecule has 0 aromatic heterocycles. The van der Waals surface area contributed by atoms with Gasteiger partial charge in [-0.1, -0.05) is 24.8 Å². The van der Waals surface area contributed by atoms with Gasteiger partial charge < -0.3 is 0 Å². The molecule has 1 heteroatoms. The van der Waals surface area contributed by atoms with Gasteiger partial charge in [0.2, 0.25) is 0 Å². The lowest BCUT2D eigenvalue weighted by atomic mass is 10.3. The van der Waals surface area contributed by atoms with Crippen LogP contribution in [0.3, 0.4) is 0 Å². The normalized spacial score (nSPS) is 11.3. The maximum absolute atomic E-state index is 4.08. The SMILES string of the molecule is C=CC=CCCC=NCC. The van der Waals surface area contributed by atoms with Gasteiger partial charge in [-0.15, -0.1) is 0 Å². The second kappa shape index (κ2) is 8.15. The Labute approximate surface area is 63.2 Å². The van der Waals surface area contributed by atoms with Crippen molar-refractivity contribution in [3.63, 3.8) is 0 Å². The van der Waals surface area contributed by atoms with Crippen LogP contribution >= 0.6 is 0 Å². The van der Waals surface area contributed by atoms with Gasteiger partial charge in [-0.05, 0) is 26.0 Å². The second-order valence-corrected chi connectivity index (χ2v) is 1.92. The Balaban J connectivity index is 3.11. The van der Waals surface area contributed by atoms with Gasteiger partial charge in [-0.2, -0.15) is 0 Å². The maximum atomic E-state index is 4.08. The molecule has 1 nitrogen and oxygen atoms in total. The first-order valence-electron chi connectivity index (χ1n) is 3.67. The second-order valence-electron chi connectivity index (χ2n) is 1.92. The van der Waals surface area contributed by atoms with Crippen LogP contribution in [0.1, 0.15) is 19.8 Å². The van der Waals surface area contributed by atoms with Crippen LogP contribution in [0, 0.1) is 0 Å². The van der Waals surface area contributed by atoms with Crippen molar-refractivity contribution in [1.29, 1.82) is 0 Å². The quantitative estimate of drug-likeness (QED) is 0.314. The third-order valence-electron chi connectivity index (χ3n) is 1.05. The zero-order chi connectivity index (χ0) is 7.66. The van der Waals surface area contributed by atoms with Gasteiger partial charge in [0.25, 0.3) is 0 Å². The molecule has 0 amide bonds. The van der Waals surface area contributed by atoms with Crippen LogP contribution in [0.25, 0.3) is 0 Å². The van der Waals surface area contributed by atoms with E-state index in [1.165, 1.54) is 0 Å². The number of unbranched alkanes of at least 4 members (excludes halogenated alkanes) is 1. The third-order valence-corrected chi connectivity index (χ3v) is 1.05. The monoisotopic (exact) mass is 137 g/mol. The number of nitrogens with zero attached hydrogens (tertiary/aromatic N) is 1. The Morgan fingerprint density at radius 3 is 2.80 bits per heavy atom. The molecule has 0 fully saturated rings. The zero-order valence-corrected chi connectivity index (χ0v) is 6.59. The van der Waals surface area contributed by atoms with Gasteiger partial charge in [0, 0.05) is 6.54 Å². The first-order valence-corrected chi connectivity index (χ1v) is 3.67. The van der Waals surface area contributed by atoms with Crippen LogP contribution in [0.15, 0.2) is 29.8 Å². The molecule has 0 aliphatic carbocycles. The first-order chi connectivity index (χ1) is 4.91. The van der Waals surface area contributed by atoms with Gasteiger partial charge >= 0.3 is 0 Å².